The van der Waals surface area contributed by atoms with Gasteiger partial charge in [0.25, 0.3) is 0 Å². The zero-order valence-corrected chi connectivity index (χ0v) is 10.8. The van der Waals surface area contributed by atoms with Crippen molar-refractivity contribution in [3.8, 4) is 0 Å². The maximum absolute atomic E-state index is 11.1. The first-order valence-electron chi connectivity index (χ1n) is 5.74. The molecule has 0 saturated carbocycles. The molecule has 0 aromatic carbocycles. The van der Waals surface area contributed by atoms with Crippen LogP contribution < -0.4 is 10.6 Å². The van der Waals surface area contributed by atoms with Crippen molar-refractivity contribution in [2.45, 2.75) is 24.9 Å². The summed E-state index contributed by atoms with van der Waals surface area (Å²) in [6, 6.07) is 0.232. The monoisotopic (exact) mass is 252 g/mol. The number of carbonyl (C=O) groups excluding carboxylic acids is 1. The SMILES string of the molecule is CN[C@](C)(C=O)CC1=CNC2C=C(Cl)C=CC12. The van der Waals surface area contributed by atoms with Crippen LogP contribution in [0.4, 0.5) is 0 Å². The zero-order valence-electron chi connectivity index (χ0n) is 10.0. The normalized spacial score (nSPS) is 29.8. The van der Waals surface area contributed by atoms with Gasteiger partial charge < -0.3 is 15.4 Å². The van der Waals surface area contributed by atoms with Crippen molar-refractivity contribution < 1.29 is 4.79 Å². The summed E-state index contributed by atoms with van der Waals surface area (Å²) in [5.74, 6) is 0.310. The summed E-state index contributed by atoms with van der Waals surface area (Å²) in [7, 11) is 1.81. The van der Waals surface area contributed by atoms with E-state index in [1.165, 1.54) is 5.57 Å². The molecule has 3 atom stereocenters. The molecule has 0 amide bonds. The van der Waals surface area contributed by atoms with Crippen molar-refractivity contribution >= 4 is 17.9 Å². The molecule has 3 nitrogen and oxygen atoms in total. The van der Waals surface area contributed by atoms with Gasteiger partial charge in [0, 0.05) is 11.0 Å². The van der Waals surface area contributed by atoms with Crippen molar-refractivity contribution in [3.05, 3.63) is 35.0 Å². The maximum Gasteiger partial charge on any atom is 0.140 e. The number of aldehydes is 1. The van der Waals surface area contributed by atoms with Crippen LogP contribution in [0.5, 0.6) is 0 Å². The number of fused-ring (bicyclic) bond motifs is 1. The lowest BCUT2D eigenvalue weighted by molar-refractivity contribution is -0.112. The van der Waals surface area contributed by atoms with Crippen molar-refractivity contribution in [1.29, 1.82) is 0 Å². The average molecular weight is 253 g/mol. The van der Waals surface area contributed by atoms with Crippen molar-refractivity contribution in [1.82, 2.24) is 10.6 Å². The minimum Gasteiger partial charge on any atom is -0.384 e. The van der Waals surface area contributed by atoms with E-state index in [1.807, 2.05) is 32.3 Å². The molecule has 1 aliphatic heterocycles. The molecule has 0 saturated heterocycles. The smallest absolute Gasteiger partial charge is 0.140 e. The Morgan fingerprint density at radius 1 is 1.65 bits per heavy atom. The van der Waals surface area contributed by atoms with E-state index in [1.54, 1.807) is 0 Å². The van der Waals surface area contributed by atoms with E-state index >= 15 is 0 Å². The van der Waals surface area contributed by atoms with Crippen molar-refractivity contribution in [2.24, 2.45) is 5.92 Å². The first-order chi connectivity index (χ1) is 8.08. The molecule has 92 valence electrons. The Labute approximate surface area is 107 Å². The van der Waals surface area contributed by atoms with Crippen LogP contribution in [0.15, 0.2) is 35.0 Å². The molecule has 0 aromatic rings. The quantitative estimate of drug-likeness (QED) is 0.749. The Bertz CT molecular complexity index is 414. The summed E-state index contributed by atoms with van der Waals surface area (Å²) >= 11 is 5.96. The molecule has 0 fully saturated rings. The Kier molecular flexibility index (Phi) is 3.40. The number of carbonyl (C=O) groups is 1. The molecule has 2 unspecified atom stereocenters. The average Bonchev–Trinajstić information content (AvgIpc) is 2.71. The molecule has 1 heterocycles. The van der Waals surface area contributed by atoms with Gasteiger partial charge in [-0.15, -0.1) is 0 Å². The van der Waals surface area contributed by atoms with E-state index in [2.05, 4.69) is 16.7 Å². The van der Waals surface area contributed by atoms with E-state index in [-0.39, 0.29) is 6.04 Å². The van der Waals surface area contributed by atoms with Gasteiger partial charge in [0.2, 0.25) is 0 Å². The van der Waals surface area contributed by atoms with E-state index in [4.69, 9.17) is 11.6 Å². The van der Waals surface area contributed by atoms with E-state index in [0.717, 1.165) is 11.3 Å². The van der Waals surface area contributed by atoms with Crippen LogP contribution >= 0.6 is 11.6 Å². The van der Waals surface area contributed by atoms with Gasteiger partial charge in [-0.25, -0.2) is 0 Å². The molecule has 2 rings (SSSR count). The van der Waals surface area contributed by atoms with E-state index < -0.39 is 5.54 Å². The topological polar surface area (TPSA) is 41.1 Å². The number of allylic oxidation sites excluding steroid dienone is 2. The van der Waals surface area contributed by atoms with Gasteiger partial charge in [0.05, 0.1) is 11.6 Å². The van der Waals surface area contributed by atoms with Gasteiger partial charge in [-0.1, -0.05) is 17.7 Å². The molecular formula is C13H17ClN2O. The molecule has 1 aliphatic carbocycles. The predicted molar refractivity (Wildman–Crippen MR) is 69.7 cm³/mol. The number of likely N-dealkylation sites (N-methyl/N-ethyl adjacent to an activating group) is 1. The number of rotatable bonds is 4. The molecular weight excluding hydrogens is 236 g/mol. The lowest BCUT2D eigenvalue weighted by Crippen LogP contribution is -2.42. The fourth-order valence-corrected chi connectivity index (χ4v) is 2.44. The van der Waals surface area contributed by atoms with Gasteiger partial charge in [0.1, 0.15) is 6.29 Å². The van der Waals surface area contributed by atoms with Crippen molar-refractivity contribution in [2.75, 3.05) is 7.05 Å². The molecule has 2 aliphatic rings. The lowest BCUT2D eigenvalue weighted by atomic mass is 9.84. The highest BCUT2D eigenvalue weighted by molar-refractivity contribution is 6.31. The van der Waals surface area contributed by atoms with Gasteiger partial charge in [-0.3, -0.25) is 0 Å². The number of hydrogen-bond acceptors (Lipinski definition) is 3. The Balaban J connectivity index is 2.11. The Hall–Kier alpha value is -1.06. The van der Waals surface area contributed by atoms with E-state index in [0.29, 0.717) is 12.3 Å². The summed E-state index contributed by atoms with van der Waals surface area (Å²) < 4.78 is 0. The molecule has 0 spiro atoms. The van der Waals surface area contributed by atoms with Crippen LogP contribution in [0.3, 0.4) is 0 Å². The van der Waals surface area contributed by atoms with Crippen LogP contribution in [0.25, 0.3) is 0 Å². The standard InChI is InChI=1S/C13H17ClN2O/c1-13(8-17,15-2)6-9-7-16-12-5-10(14)3-4-11(9)12/h3-5,7-8,11-12,15-16H,6H2,1-2H3/t11?,12?,13-/m0/s1. The van der Waals surface area contributed by atoms with Gasteiger partial charge in [-0.2, -0.15) is 0 Å². The van der Waals surface area contributed by atoms with Crippen LogP contribution in [0, 0.1) is 5.92 Å². The Morgan fingerprint density at radius 3 is 3.06 bits per heavy atom. The predicted octanol–water partition coefficient (Wildman–Crippen LogP) is 1.72. The third kappa shape index (κ3) is 2.45. The highest BCUT2D eigenvalue weighted by atomic mass is 35.5. The third-order valence-electron chi connectivity index (χ3n) is 3.48. The highest BCUT2D eigenvalue weighted by Crippen LogP contribution is 2.33. The van der Waals surface area contributed by atoms with Gasteiger partial charge in [0.15, 0.2) is 0 Å². The molecule has 2 N–H and O–H groups in total. The number of halogens is 1. The minimum absolute atomic E-state index is 0.232. The maximum atomic E-state index is 11.1. The summed E-state index contributed by atoms with van der Waals surface area (Å²) in [6.45, 7) is 1.91. The first kappa shape index (κ1) is 12.4. The highest BCUT2D eigenvalue weighted by Gasteiger charge is 2.32. The summed E-state index contributed by atoms with van der Waals surface area (Å²) in [6.07, 6.45) is 9.70. The van der Waals surface area contributed by atoms with Gasteiger partial charge >= 0.3 is 0 Å². The largest absolute Gasteiger partial charge is 0.384 e. The number of hydrogen-bond donors (Lipinski definition) is 2. The van der Waals surface area contributed by atoms with E-state index in [9.17, 15) is 4.79 Å². The lowest BCUT2D eigenvalue weighted by Gasteiger charge is -2.26. The molecule has 4 heteroatoms. The summed E-state index contributed by atoms with van der Waals surface area (Å²) in [5, 5.41) is 7.11. The van der Waals surface area contributed by atoms with Crippen LogP contribution in [-0.4, -0.2) is 24.9 Å². The van der Waals surface area contributed by atoms with Crippen LogP contribution in [0.1, 0.15) is 13.3 Å². The molecule has 0 bridgehead atoms. The second-order valence-electron chi connectivity index (χ2n) is 4.81. The summed E-state index contributed by atoms with van der Waals surface area (Å²) in [5.41, 5.74) is 0.733. The second-order valence-corrected chi connectivity index (χ2v) is 5.25. The zero-order chi connectivity index (χ0) is 12.5. The second kappa shape index (κ2) is 4.67. The fraction of sp³-hybridized carbons (Fsp3) is 0.462. The Morgan fingerprint density at radius 2 is 2.41 bits per heavy atom. The first-order valence-corrected chi connectivity index (χ1v) is 6.11. The molecule has 0 radical (unpaired) electrons. The molecule has 0 aromatic heterocycles. The van der Waals surface area contributed by atoms with Crippen LogP contribution in [0.2, 0.25) is 0 Å². The molecule has 17 heavy (non-hydrogen) atoms. The summed E-state index contributed by atoms with van der Waals surface area (Å²) in [4.78, 5) is 11.1. The van der Waals surface area contributed by atoms with Gasteiger partial charge in [-0.05, 0) is 44.3 Å². The minimum atomic E-state index is -0.499. The van der Waals surface area contributed by atoms with Crippen LogP contribution in [-0.2, 0) is 4.79 Å². The van der Waals surface area contributed by atoms with Crippen molar-refractivity contribution in [3.63, 3.8) is 0 Å². The third-order valence-corrected chi connectivity index (χ3v) is 3.73. The number of nitrogens with one attached hydrogen (secondary N) is 2. The fourth-order valence-electron chi connectivity index (χ4n) is 2.23.